The third-order valence-corrected chi connectivity index (χ3v) is 2.17. The molecule has 6 heteroatoms. The average Bonchev–Trinajstić information content (AvgIpc) is 2.14. The Balaban J connectivity index is 4.33. The Kier molecular flexibility index (Phi) is 7.06. The van der Waals surface area contributed by atoms with E-state index in [-0.39, 0.29) is 11.6 Å². The first-order chi connectivity index (χ1) is 7.76. The maximum absolute atomic E-state index is 12.0. The van der Waals surface area contributed by atoms with E-state index in [0.717, 1.165) is 0 Å². The number of carbonyl (C=O) groups excluding carboxylic acids is 1. The van der Waals surface area contributed by atoms with Crippen LogP contribution in [0.2, 0.25) is 0 Å². The molecule has 0 aromatic rings. The highest BCUT2D eigenvalue weighted by Gasteiger charge is 2.19. The maximum Gasteiger partial charge on any atom is 0.317 e. The largest absolute Gasteiger partial charge is 0.393 e. The summed E-state index contributed by atoms with van der Waals surface area (Å²) >= 11 is 4.81. The van der Waals surface area contributed by atoms with Crippen molar-refractivity contribution in [3.05, 3.63) is 0 Å². The van der Waals surface area contributed by atoms with E-state index in [0.29, 0.717) is 31.1 Å². The molecule has 0 bridgehead atoms. The molecule has 0 aromatic carbocycles. The number of hydrogen-bond acceptors (Lipinski definition) is 3. The summed E-state index contributed by atoms with van der Waals surface area (Å²) in [7, 11) is 1.60. The number of nitrogens with one attached hydrogen (secondary N) is 1. The van der Waals surface area contributed by atoms with Crippen molar-refractivity contribution in [2.75, 3.05) is 26.8 Å². The first kappa shape index (κ1) is 16.1. The van der Waals surface area contributed by atoms with E-state index in [1.54, 1.807) is 12.0 Å². The molecule has 0 saturated carbocycles. The normalized spacial score (nSPS) is 11.1. The molecule has 0 aliphatic carbocycles. The zero-order valence-corrected chi connectivity index (χ0v) is 11.9. The number of rotatable bonds is 6. The van der Waals surface area contributed by atoms with Gasteiger partial charge in [0, 0.05) is 32.2 Å². The van der Waals surface area contributed by atoms with Gasteiger partial charge in [0.05, 0.1) is 11.6 Å². The minimum Gasteiger partial charge on any atom is -0.393 e. The number of methoxy groups -OCH3 is 1. The predicted molar refractivity (Wildman–Crippen MR) is 73.1 cm³/mol. The lowest BCUT2D eigenvalue weighted by Crippen LogP contribution is -2.50. The van der Waals surface area contributed by atoms with Gasteiger partial charge in [-0.2, -0.15) is 0 Å². The van der Waals surface area contributed by atoms with Crippen LogP contribution in [0.1, 0.15) is 27.2 Å². The van der Waals surface area contributed by atoms with Crippen LogP contribution in [0.5, 0.6) is 0 Å². The Hall–Kier alpha value is -0.880. The van der Waals surface area contributed by atoms with Crippen molar-refractivity contribution in [1.82, 2.24) is 10.2 Å². The van der Waals surface area contributed by atoms with Crippen LogP contribution < -0.4 is 11.1 Å². The monoisotopic (exact) mass is 261 g/mol. The minimum atomic E-state index is -0.258. The van der Waals surface area contributed by atoms with Crippen LogP contribution in [0.3, 0.4) is 0 Å². The standard InChI is InChI=1S/C11H23N3O2S/c1-11(2,3)13-10(15)14(7-8-16-4)6-5-9(12)17/h5-8H2,1-4H3,(H2,12,17)(H,13,15). The van der Waals surface area contributed by atoms with Crippen molar-refractivity contribution in [3.63, 3.8) is 0 Å². The fraction of sp³-hybridized carbons (Fsp3) is 0.818. The second-order valence-corrected chi connectivity index (χ2v) is 5.40. The summed E-state index contributed by atoms with van der Waals surface area (Å²) < 4.78 is 4.97. The first-order valence-corrected chi connectivity index (χ1v) is 6.01. The quantitative estimate of drug-likeness (QED) is 0.703. The third-order valence-electron chi connectivity index (χ3n) is 1.96. The Bertz CT molecular complexity index is 264. The van der Waals surface area contributed by atoms with Crippen molar-refractivity contribution in [3.8, 4) is 0 Å². The molecule has 0 atom stereocenters. The van der Waals surface area contributed by atoms with Gasteiger partial charge in [0.15, 0.2) is 0 Å². The lowest BCUT2D eigenvalue weighted by Gasteiger charge is -2.28. The summed E-state index contributed by atoms with van der Waals surface area (Å²) in [5.74, 6) is 0. The molecule has 0 aliphatic heterocycles. The fourth-order valence-electron chi connectivity index (χ4n) is 1.16. The molecule has 5 nitrogen and oxygen atoms in total. The summed E-state index contributed by atoms with van der Waals surface area (Å²) in [5, 5.41) is 2.90. The van der Waals surface area contributed by atoms with Gasteiger partial charge >= 0.3 is 6.03 Å². The predicted octanol–water partition coefficient (Wildman–Crippen LogP) is 1.12. The van der Waals surface area contributed by atoms with Crippen LogP contribution in [0.15, 0.2) is 0 Å². The van der Waals surface area contributed by atoms with Gasteiger partial charge in [-0.1, -0.05) is 12.2 Å². The summed E-state index contributed by atoms with van der Waals surface area (Å²) in [6.45, 7) is 7.35. The van der Waals surface area contributed by atoms with E-state index >= 15 is 0 Å². The van der Waals surface area contributed by atoms with E-state index in [4.69, 9.17) is 22.7 Å². The number of nitrogens with zero attached hydrogens (tertiary/aromatic N) is 1. The second kappa shape index (κ2) is 7.45. The van der Waals surface area contributed by atoms with Crippen LogP contribution in [-0.4, -0.2) is 48.3 Å². The summed E-state index contributed by atoms with van der Waals surface area (Å²) in [4.78, 5) is 14.0. The van der Waals surface area contributed by atoms with Crippen LogP contribution in [0.25, 0.3) is 0 Å². The SMILES string of the molecule is COCCN(CCC(N)=S)C(=O)NC(C)(C)C. The van der Waals surface area contributed by atoms with E-state index in [1.165, 1.54) is 0 Å². The Morgan fingerprint density at radius 2 is 2.00 bits per heavy atom. The molecule has 0 unspecified atom stereocenters. The van der Waals surface area contributed by atoms with Crippen molar-refractivity contribution >= 4 is 23.2 Å². The van der Waals surface area contributed by atoms with Gasteiger partial charge in [0.1, 0.15) is 0 Å². The third kappa shape index (κ3) is 8.88. The molecule has 0 saturated heterocycles. The Labute approximate surface area is 109 Å². The number of nitrogens with two attached hydrogens (primary N) is 1. The zero-order valence-electron chi connectivity index (χ0n) is 11.1. The molecular formula is C11H23N3O2S. The van der Waals surface area contributed by atoms with Gasteiger partial charge in [0.2, 0.25) is 0 Å². The summed E-state index contributed by atoms with van der Waals surface area (Å²) in [5.41, 5.74) is 5.18. The van der Waals surface area contributed by atoms with Crippen LogP contribution >= 0.6 is 12.2 Å². The van der Waals surface area contributed by atoms with Crippen molar-refractivity contribution in [1.29, 1.82) is 0 Å². The zero-order chi connectivity index (χ0) is 13.5. The first-order valence-electron chi connectivity index (χ1n) is 5.60. The number of amides is 2. The van der Waals surface area contributed by atoms with E-state index in [9.17, 15) is 4.79 Å². The van der Waals surface area contributed by atoms with Crippen molar-refractivity contribution in [2.45, 2.75) is 32.7 Å². The second-order valence-electron chi connectivity index (χ2n) is 4.88. The van der Waals surface area contributed by atoms with E-state index in [1.807, 2.05) is 20.8 Å². The van der Waals surface area contributed by atoms with Crippen LogP contribution in [0, 0.1) is 0 Å². The average molecular weight is 261 g/mol. The molecule has 0 radical (unpaired) electrons. The molecule has 17 heavy (non-hydrogen) atoms. The molecule has 0 rings (SSSR count). The molecule has 0 heterocycles. The number of ether oxygens (including phenoxy) is 1. The van der Waals surface area contributed by atoms with Crippen molar-refractivity contribution < 1.29 is 9.53 Å². The number of hydrogen-bond donors (Lipinski definition) is 2. The molecule has 0 spiro atoms. The highest BCUT2D eigenvalue weighted by molar-refractivity contribution is 7.80. The molecule has 100 valence electrons. The number of thiocarbonyl (C=S) groups is 1. The van der Waals surface area contributed by atoms with E-state index < -0.39 is 0 Å². The van der Waals surface area contributed by atoms with Crippen LogP contribution in [0.4, 0.5) is 4.79 Å². The highest BCUT2D eigenvalue weighted by atomic mass is 32.1. The van der Waals surface area contributed by atoms with Gasteiger partial charge in [-0.25, -0.2) is 4.79 Å². The van der Waals surface area contributed by atoms with Gasteiger partial charge < -0.3 is 20.7 Å². The fourth-order valence-corrected chi connectivity index (χ4v) is 1.25. The van der Waals surface area contributed by atoms with E-state index in [2.05, 4.69) is 5.32 Å². The molecule has 0 fully saturated rings. The minimum absolute atomic E-state index is 0.120. The summed E-state index contributed by atoms with van der Waals surface area (Å²) in [6, 6.07) is -0.120. The Morgan fingerprint density at radius 3 is 2.41 bits per heavy atom. The summed E-state index contributed by atoms with van der Waals surface area (Å²) in [6.07, 6.45) is 0.524. The smallest absolute Gasteiger partial charge is 0.317 e. The highest BCUT2D eigenvalue weighted by Crippen LogP contribution is 2.02. The molecule has 0 aromatic heterocycles. The Morgan fingerprint density at radius 1 is 1.41 bits per heavy atom. The van der Waals surface area contributed by atoms with Gasteiger partial charge in [0.25, 0.3) is 0 Å². The van der Waals surface area contributed by atoms with Gasteiger partial charge in [-0.15, -0.1) is 0 Å². The topological polar surface area (TPSA) is 67.6 Å². The molecule has 3 N–H and O–H groups in total. The lowest BCUT2D eigenvalue weighted by atomic mass is 10.1. The number of urea groups is 1. The number of carbonyl (C=O) groups is 1. The molecule has 2 amide bonds. The van der Waals surface area contributed by atoms with Crippen LogP contribution in [-0.2, 0) is 4.74 Å². The molecule has 0 aliphatic rings. The van der Waals surface area contributed by atoms with Gasteiger partial charge in [-0.05, 0) is 20.8 Å². The van der Waals surface area contributed by atoms with Gasteiger partial charge in [-0.3, -0.25) is 0 Å². The lowest BCUT2D eigenvalue weighted by molar-refractivity contribution is 0.146. The molecular weight excluding hydrogens is 238 g/mol. The maximum atomic E-state index is 12.0. The van der Waals surface area contributed by atoms with Crippen molar-refractivity contribution in [2.24, 2.45) is 5.73 Å².